The molecule has 210 valence electrons. The van der Waals surface area contributed by atoms with E-state index in [0.29, 0.717) is 45.5 Å². The maximum atomic E-state index is 13.5. The molecule has 0 aliphatic carbocycles. The number of aromatic nitrogens is 2. The van der Waals surface area contributed by atoms with Crippen LogP contribution in [0.3, 0.4) is 0 Å². The van der Waals surface area contributed by atoms with Gasteiger partial charge in [0.25, 0.3) is 5.91 Å². The van der Waals surface area contributed by atoms with Crippen LogP contribution in [0.1, 0.15) is 49.4 Å². The fourth-order valence-corrected chi connectivity index (χ4v) is 3.82. The summed E-state index contributed by atoms with van der Waals surface area (Å²) in [6.45, 7) is 7.54. The Bertz CT molecular complexity index is 1520. The van der Waals surface area contributed by atoms with Crippen LogP contribution in [0, 0.1) is 10.8 Å². The molecule has 0 atom stereocenters. The zero-order valence-corrected chi connectivity index (χ0v) is 23.4. The van der Waals surface area contributed by atoms with Crippen molar-refractivity contribution in [3.63, 3.8) is 0 Å². The summed E-state index contributed by atoms with van der Waals surface area (Å²) in [5, 5.41) is 25.6. The summed E-state index contributed by atoms with van der Waals surface area (Å²) < 4.78 is 12.0. The van der Waals surface area contributed by atoms with Crippen molar-refractivity contribution in [1.82, 2.24) is 9.97 Å². The van der Waals surface area contributed by atoms with E-state index in [0.717, 1.165) is 0 Å². The van der Waals surface area contributed by atoms with Crippen molar-refractivity contribution in [2.24, 2.45) is 0 Å². The Hall–Kier alpha value is -5.25. The van der Waals surface area contributed by atoms with Gasteiger partial charge in [-0.05, 0) is 76.2 Å². The molecule has 0 bridgehead atoms. The Morgan fingerprint density at radius 1 is 0.683 bits per heavy atom. The average Bonchev–Trinajstić information content (AvgIpc) is 2.95. The summed E-state index contributed by atoms with van der Waals surface area (Å²) in [7, 11) is 0. The van der Waals surface area contributed by atoms with Gasteiger partial charge in [-0.3, -0.25) is 25.6 Å². The van der Waals surface area contributed by atoms with Crippen LogP contribution in [0.15, 0.2) is 85.2 Å². The maximum Gasteiger partial charge on any atom is 0.259 e. The second kappa shape index (κ2) is 13.2. The minimum atomic E-state index is -0.387. The first kappa shape index (κ1) is 28.8. The summed E-state index contributed by atoms with van der Waals surface area (Å²) in [4.78, 5) is 21.9. The molecule has 5 N–H and O–H groups in total. The van der Waals surface area contributed by atoms with Crippen molar-refractivity contribution in [3.05, 3.63) is 102 Å². The van der Waals surface area contributed by atoms with Crippen LogP contribution < -0.4 is 25.4 Å². The number of carbonyl (C=O) groups excluding carboxylic acids is 1. The molecule has 0 radical (unpaired) electrons. The van der Waals surface area contributed by atoms with Gasteiger partial charge >= 0.3 is 0 Å². The predicted molar refractivity (Wildman–Crippen MR) is 162 cm³/mol. The molecule has 0 aliphatic rings. The number of benzene rings is 2. The van der Waals surface area contributed by atoms with Crippen LogP contribution >= 0.6 is 0 Å². The monoisotopic (exact) mass is 551 g/mol. The number of hydrogen-bond donors (Lipinski definition) is 5. The molecule has 0 spiro atoms. The largest absolute Gasteiger partial charge is 0.490 e. The molecule has 0 fully saturated rings. The highest BCUT2D eigenvalue weighted by atomic mass is 16.5. The predicted octanol–water partition coefficient (Wildman–Crippen LogP) is 6.18. The SMILES string of the molecule is CC(C)Oc1cc(NC(=N)c2ccccn2)ccc1NC(=O)c1ccc(NC(=N)c2ccccn2)cc1OC(C)C. The van der Waals surface area contributed by atoms with E-state index in [4.69, 9.17) is 20.3 Å². The highest BCUT2D eigenvalue weighted by Crippen LogP contribution is 2.32. The Kier molecular flexibility index (Phi) is 9.26. The summed E-state index contributed by atoms with van der Waals surface area (Å²) in [5.41, 5.74) is 2.98. The lowest BCUT2D eigenvalue weighted by atomic mass is 10.1. The smallest absolute Gasteiger partial charge is 0.259 e. The zero-order chi connectivity index (χ0) is 29.4. The molecule has 4 aromatic rings. The molecule has 0 saturated heterocycles. The molecule has 41 heavy (non-hydrogen) atoms. The topological polar surface area (TPSA) is 145 Å². The zero-order valence-electron chi connectivity index (χ0n) is 23.4. The van der Waals surface area contributed by atoms with E-state index in [1.165, 1.54) is 0 Å². The Labute approximate surface area is 239 Å². The van der Waals surface area contributed by atoms with E-state index in [9.17, 15) is 4.79 Å². The number of carbonyl (C=O) groups is 1. The third-order valence-electron chi connectivity index (χ3n) is 5.56. The van der Waals surface area contributed by atoms with Crippen molar-refractivity contribution in [3.8, 4) is 11.5 Å². The number of nitrogens with one attached hydrogen (secondary N) is 5. The first-order valence-corrected chi connectivity index (χ1v) is 13.2. The fourth-order valence-electron chi connectivity index (χ4n) is 3.82. The van der Waals surface area contributed by atoms with E-state index in [1.807, 2.05) is 39.8 Å². The summed E-state index contributed by atoms with van der Waals surface area (Å²) in [5.74, 6) is 0.685. The van der Waals surface area contributed by atoms with Crippen LogP contribution in [0.4, 0.5) is 17.1 Å². The van der Waals surface area contributed by atoms with Crippen molar-refractivity contribution < 1.29 is 14.3 Å². The van der Waals surface area contributed by atoms with Crippen molar-refractivity contribution in [2.45, 2.75) is 39.9 Å². The molecule has 10 heteroatoms. The van der Waals surface area contributed by atoms with Gasteiger partial charge in [0.2, 0.25) is 0 Å². The normalized spacial score (nSPS) is 10.7. The number of rotatable bonds is 10. The molecule has 10 nitrogen and oxygen atoms in total. The van der Waals surface area contributed by atoms with Crippen molar-refractivity contribution in [1.29, 1.82) is 10.8 Å². The lowest BCUT2D eigenvalue weighted by molar-refractivity contribution is 0.102. The van der Waals surface area contributed by atoms with Gasteiger partial charge in [-0.25, -0.2) is 0 Å². The van der Waals surface area contributed by atoms with Crippen molar-refractivity contribution in [2.75, 3.05) is 16.0 Å². The lowest BCUT2D eigenvalue weighted by Crippen LogP contribution is -2.18. The number of anilines is 3. The quantitative estimate of drug-likeness (QED) is 0.117. The number of amidine groups is 2. The standard InChI is InChI=1S/C31H33N7O3/c1-19(2)40-27-17-21(36-29(32)25-9-5-7-15-34-25)11-13-23(27)31(39)38-24-14-12-22(18-28(24)41-20(3)4)37-30(33)26-10-6-8-16-35-26/h5-20H,1-4H3,(H2,32,36)(H2,33,37)(H,38,39). The second-order valence-electron chi connectivity index (χ2n) is 9.64. The molecule has 2 heterocycles. The van der Waals surface area contributed by atoms with E-state index in [-0.39, 0.29) is 29.8 Å². The highest BCUT2D eigenvalue weighted by molar-refractivity contribution is 6.09. The van der Waals surface area contributed by atoms with Gasteiger partial charge in [0.05, 0.1) is 23.5 Å². The molecule has 2 aromatic heterocycles. The Balaban J connectivity index is 1.56. The average molecular weight is 552 g/mol. The number of ether oxygens (including phenoxy) is 2. The minimum Gasteiger partial charge on any atom is -0.490 e. The van der Waals surface area contributed by atoms with Crippen LogP contribution in [0.5, 0.6) is 11.5 Å². The molecular formula is C31H33N7O3. The third kappa shape index (κ3) is 7.89. The van der Waals surface area contributed by atoms with Gasteiger partial charge in [0, 0.05) is 35.9 Å². The van der Waals surface area contributed by atoms with E-state index in [1.54, 1.807) is 73.1 Å². The Morgan fingerprint density at radius 3 is 1.71 bits per heavy atom. The highest BCUT2D eigenvalue weighted by Gasteiger charge is 2.18. The van der Waals surface area contributed by atoms with Crippen molar-refractivity contribution >= 4 is 34.6 Å². The van der Waals surface area contributed by atoms with Gasteiger partial charge in [0.15, 0.2) is 0 Å². The van der Waals surface area contributed by atoms with E-state index in [2.05, 4.69) is 25.9 Å². The van der Waals surface area contributed by atoms with Crippen LogP contribution in [-0.2, 0) is 0 Å². The number of amides is 1. The molecule has 4 rings (SSSR count). The van der Waals surface area contributed by atoms with Crippen LogP contribution in [-0.4, -0.2) is 39.8 Å². The van der Waals surface area contributed by atoms with Crippen LogP contribution in [0.25, 0.3) is 0 Å². The van der Waals surface area contributed by atoms with Gasteiger partial charge in [0.1, 0.15) is 34.6 Å². The molecule has 0 saturated carbocycles. The lowest BCUT2D eigenvalue weighted by Gasteiger charge is -2.19. The van der Waals surface area contributed by atoms with Gasteiger partial charge in [-0.2, -0.15) is 0 Å². The maximum absolute atomic E-state index is 13.5. The third-order valence-corrected chi connectivity index (χ3v) is 5.56. The summed E-state index contributed by atoms with van der Waals surface area (Å²) in [6.07, 6.45) is 2.90. The van der Waals surface area contributed by atoms with Crippen LogP contribution in [0.2, 0.25) is 0 Å². The molecule has 0 unspecified atom stereocenters. The summed E-state index contributed by atoms with van der Waals surface area (Å²) in [6, 6.07) is 20.9. The van der Waals surface area contributed by atoms with E-state index < -0.39 is 0 Å². The Morgan fingerprint density at radius 2 is 1.20 bits per heavy atom. The number of pyridine rings is 2. The fraction of sp³-hybridized carbons (Fsp3) is 0.194. The second-order valence-corrected chi connectivity index (χ2v) is 9.64. The molecule has 2 aromatic carbocycles. The van der Waals surface area contributed by atoms with Gasteiger partial charge < -0.3 is 25.4 Å². The number of nitrogens with zero attached hydrogens (tertiary/aromatic N) is 2. The molecule has 0 aliphatic heterocycles. The molecular weight excluding hydrogens is 518 g/mol. The van der Waals surface area contributed by atoms with E-state index >= 15 is 0 Å². The summed E-state index contributed by atoms with van der Waals surface area (Å²) >= 11 is 0. The molecule has 1 amide bonds. The number of hydrogen-bond acceptors (Lipinski definition) is 7. The first-order chi connectivity index (χ1) is 19.7. The minimum absolute atomic E-state index is 0.124. The van der Waals surface area contributed by atoms with Gasteiger partial charge in [-0.1, -0.05) is 12.1 Å². The first-order valence-electron chi connectivity index (χ1n) is 13.2. The van der Waals surface area contributed by atoms with Gasteiger partial charge in [-0.15, -0.1) is 0 Å².